The molecule has 0 saturated heterocycles. The normalized spacial score (nSPS) is 9.71. The van der Waals surface area contributed by atoms with Gasteiger partial charge in [-0.3, -0.25) is 4.79 Å². The summed E-state index contributed by atoms with van der Waals surface area (Å²) in [5.74, 6) is -2.83. The predicted molar refractivity (Wildman–Crippen MR) is 70.0 cm³/mol. The number of esters is 1. The number of ketones is 1. The first-order valence-electron chi connectivity index (χ1n) is 6.11. The Balaban J connectivity index is 1.84. The van der Waals surface area contributed by atoms with Crippen LogP contribution in [-0.4, -0.2) is 24.3 Å². The van der Waals surface area contributed by atoms with Crippen molar-refractivity contribution >= 4 is 17.7 Å². The number of Topliss-reactive ketones (excluding diaryl/α,β-unsaturated/α-hetero) is 1. The zero-order chi connectivity index (χ0) is 15.1. The number of aromatic nitrogens is 1. The molecule has 2 aromatic rings. The molecule has 0 N–H and O–H groups in total. The molecule has 0 fully saturated rings. The molecule has 106 valence electrons. The summed E-state index contributed by atoms with van der Waals surface area (Å²) in [7, 11) is 0. The Labute approximate surface area is 120 Å². The molecule has 1 aromatic heterocycles. The van der Waals surface area contributed by atoms with E-state index in [0.717, 1.165) is 4.73 Å². The first kappa shape index (κ1) is 14.4. The number of ether oxygens (including phenoxy) is 1. The smallest absolute Gasteiger partial charge is 0.449 e. The molecule has 1 heterocycles. The van der Waals surface area contributed by atoms with Gasteiger partial charge < -0.3 is 4.74 Å². The van der Waals surface area contributed by atoms with Crippen molar-refractivity contribution in [2.24, 2.45) is 0 Å². The SMILES string of the molecule is O=C(OCC(=O)c1ccccc1)C(=O)O[n+]1ccccc1. The van der Waals surface area contributed by atoms with Crippen LogP contribution >= 0.6 is 0 Å². The second kappa shape index (κ2) is 6.95. The number of hydrogen-bond acceptors (Lipinski definition) is 5. The van der Waals surface area contributed by atoms with Crippen LogP contribution in [0.1, 0.15) is 10.4 Å². The topological polar surface area (TPSA) is 73.5 Å². The van der Waals surface area contributed by atoms with Crippen molar-refractivity contribution in [2.45, 2.75) is 0 Å². The molecule has 0 spiro atoms. The standard InChI is InChI=1S/C15H12NO5/c17-13(12-7-3-1-4-8-12)11-20-14(18)15(19)21-16-9-5-2-6-10-16/h1-10H,11H2/q+1. The summed E-state index contributed by atoms with van der Waals surface area (Å²) < 4.78 is 5.67. The molecule has 1 aromatic carbocycles. The monoisotopic (exact) mass is 286 g/mol. The highest BCUT2D eigenvalue weighted by molar-refractivity contribution is 6.29. The van der Waals surface area contributed by atoms with E-state index in [9.17, 15) is 14.4 Å². The molecule has 2 rings (SSSR count). The second-order valence-electron chi connectivity index (χ2n) is 3.98. The van der Waals surface area contributed by atoms with E-state index in [1.165, 1.54) is 12.4 Å². The maximum atomic E-state index is 11.7. The number of pyridine rings is 1. The molecule has 0 aliphatic carbocycles. The van der Waals surface area contributed by atoms with Crippen LogP contribution in [0.15, 0.2) is 60.9 Å². The molecular weight excluding hydrogens is 274 g/mol. The maximum Gasteiger partial charge on any atom is 0.487 e. The number of carbonyl (C=O) groups is 3. The van der Waals surface area contributed by atoms with Crippen LogP contribution < -0.4 is 9.57 Å². The molecule has 0 atom stereocenters. The lowest BCUT2D eigenvalue weighted by Crippen LogP contribution is -2.48. The zero-order valence-electron chi connectivity index (χ0n) is 11.0. The fourth-order valence-electron chi connectivity index (χ4n) is 1.47. The Morgan fingerprint density at radius 2 is 1.48 bits per heavy atom. The maximum absolute atomic E-state index is 11.7. The van der Waals surface area contributed by atoms with Gasteiger partial charge >= 0.3 is 11.9 Å². The van der Waals surface area contributed by atoms with Gasteiger partial charge in [0.1, 0.15) is 0 Å². The third kappa shape index (κ3) is 4.24. The van der Waals surface area contributed by atoms with Crippen molar-refractivity contribution in [3.63, 3.8) is 0 Å². The molecule has 0 bridgehead atoms. The number of rotatable bonds is 4. The van der Waals surface area contributed by atoms with Crippen molar-refractivity contribution < 1.29 is 28.7 Å². The van der Waals surface area contributed by atoms with Crippen LogP contribution in [0.25, 0.3) is 0 Å². The summed E-state index contributed by atoms with van der Waals surface area (Å²) in [6.45, 7) is -0.516. The number of hydrogen-bond donors (Lipinski definition) is 0. The highest BCUT2D eigenvalue weighted by Crippen LogP contribution is 2.00. The van der Waals surface area contributed by atoms with Gasteiger partial charge in [-0.05, 0) is 0 Å². The van der Waals surface area contributed by atoms with Crippen LogP contribution in [0.2, 0.25) is 0 Å². The molecule has 6 nitrogen and oxygen atoms in total. The lowest BCUT2D eigenvalue weighted by molar-refractivity contribution is -0.868. The minimum absolute atomic E-state index is 0.399. The number of carbonyl (C=O) groups excluding carboxylic acids is 3. The molecule has 0 amide bonds. The highest BCUT2D eigenvalue weighted by Gasteiger charge is 2.24. The van der Waals surface area contributed by atoms with Crippen LogP contribution in [0.4, 0.5) is 0 Å². The highest BCUT2D eigenvalue weighted by atomic mass is 16.7. The van der Waals surface area contributed by atoms with E-state index >= 15 is 0 Å². The minimum Gasteiger partial charge on any atom is -0.449 e. The quantitative estimate of drug-likeness (QED) is 0.351. The van der Waals surface area contributed by atoms with Crippen molar-refractivity contribution in [1.29, 1.82) is 0 Å². The fourth-order valence-corrected chi connectivity index (χ4v) is 1.47. The van der Waals surface area contributed by atoms with Gasteiger partial charge in [-0.2, -0.15) is 4.84 Å². The first-order valence-corrected chi connectivity index (χ1v) is 6.11. The minimum atomic E-state index is -1.23. The Morgan fingerprint density at radius 1 is 0.857 bits per heavy atom. The first-order chi connectivity index (χ1) is 10.2. The Kier molecular flexibility index (Phi) is 4.76. The van der Waals surface area contributed by atoms with Crippen molar-refractivity contribution in [2.75, 3.05) is 6.61 Å². The van der Waals surface area contributed by atoms with Gasteiger partial charge in [-0.1, -0.05) is 36.4 Å². The summed E-state index contributed by atoms with van der Waals surface area (Å²) in [6, 6.07) is 13.3. The lowest BCUT2D eigenvalue weighted by Gasteiger charge is -2.01. The van der Waals surface area contributed by atoms with Gasteiger partial charge in [0, 0.05) is 22.4 Å². The summed E-state index contributed by atoms with van der Waals surface area (Å²) in [5, 5.41) is 0. The van der Waals surface area contributed by atoms with Crippen LogP contribution in [0.3, 0.4) is 0 Å². The molecule has 0 aliphatic heterocycles. The van der Waals surface area contributed by atoms with Gasteiger partial charge in [0.25, 0.3) is 0 Å². The van der Waals surface area contributed by atoms with Gasteiger partial charge in [-0.15, -0.1) is 0 Å². The molecule has 0 saturated carbocycles. The van der Waals surface area contributed by atoms with Gasteiger partial charge in [0.15, 0.2) is 12.4 Å². The average molecular weight is 286 g/mol. The van der Waals surface area contributed by atoms with Crippen molar-refractivity contribution in [3.05, 3.63) is 66.5 Å². The fraction of sp³-hybridized carbons (Fsp3) is 0.0667. The van der Waals surface area contributed by atoms with E-state index < -0.39 is 24.3 Å². The predicted octanol–water partition coefficient (Wildman–Crippen LogP) is 0.355. The van der Waals surface area contributed by atoms with Crippen LogP contribution in [-0.2, 0) is 14.3 Å². The second-order valence-corrected chi connectivity index (χ2v) is 3.98. The lowest BCUT2D eigenvalue weighted by atomic mass is 10.1. The van der Waals surface area contributed by atoms with Crippen LogP contribution in [0, 0.1) is 0 Å². The summed E-state index contributed by atoms with van der Waals surface area (Å²) in [4.78, 5) is 39.3. The van der Waals surface area contributed by atoms with Crippen molar-refractivity contribution in [3.8, 4) is 0 Å². The van der Waals surface area contributed by atoms with E-state index in [0.29, 0.717) is 5.56 Å². The Morgan fingerprint density at radius 3 is 2.14 bits per heavy atom. The van der Waals surface area contributed by atoms with E-state index in [1.54, 1.807) is 48.5 Å². The molecule has 0 radical (unpaired) electrons. The van der Waals surface area contributed by atoms with E-state index in [2.05, 4.69) is 4.74 Å². The van der Waals surface area contributed by atoms with E-state index in [4.69, 9.17) is 4.84 Å². The Hall–Kier alpha value is -3.02. The Bertz CT molecular complexity index is 640. The van der Waals surface area contributed by atoms with Gasteiger partial charge in [-0.25, -0.2) is 9.59 Å². The van der Waals surface area contributed by atoms with E-state index in [-0.39, 0.29) is 0 Å². The molecular formula is C15H12NO5+. The molecule has 21 heavy (non-hydrogen) atoms. The van der Waals surface area contributed by atoms with Crippen molar-refractivity contribution in [1.82, 2.24) is 0 Å². The summed E-state index contributed by atoms with van der Waals surface area (Å²) in [5.41, 5.74) is 0.399. The van der Waals surface area contributed by atoms with Gasteiger partial charge in [0.05, 0.1) is 0 Å². The van der Waals surface area contributed by atoms with Crippen LogP contribution in [0.5, 0.6) is 0 Å². The van der Waals surface area contributed by atoms with E-state index in [1.807, 2.05) is 0 Å². The third-order valence-electron chi connectivity index (χ3n) is 2.47. The zero-order valence-corrected chi connectivity index (χ0v) is 11.0. The summed E-state index contributed by atoms with van der Waals surface area (Å²) >= 11 is 0. The largest absolute Gasteiger partial charge is 0.487 e. The molecule has 6 heteroatoms. The molecule has 0 unspecified atom stereocenters. The average Bonchev–Trinajstić information content (AvgIpc) is 2.54. The molecule has 0 aliphatic rings. The third-order valence-corrected chi connectivity index (χ3v) is 2.47. The summed E-state index contributed by atoms with van der Waals surface area (Å²) in [6.07, 6.45) is 2.89. The number of benzene rings is 1. The number of nitrogens with zero attached hydrogens (tertiary/aromatic N) is 1. The van der Waals surface area contributed by atoms with Gasteiger partial charge in [0.2, 0.25) is 12.4 Å².